The van der Waals surface area contributed by atoms with E-state index in [1.807, 2.05) is 0 Å². The Morgan fingerprint density at radius 3 is 3.15 bits per heavy atom. The van der Waals surface area contributed by atoms with Gasteiger partial charge in [0.1, 0.15) is 0 Å². The van der Waals surface area contributed by atoms with Crippen LogP contribution in [0.3, 0.4) is 0 Å². The van der Waals surface area contributed by atoms with E-state index in [4.69, 9.17) is 0 Å². The Bertz CT molecular complexity index is 315. The minimum Gasteiger partial charge on any atom is -0.0764 e. The summed E-state index contributed by atoms with van der Waals surface area (Å²) in [5, 5.41) is 0. The predicted octanol–water partition coefficient (Wildman–Crippen LogP) is 3.45. The number of hydrogen-bond acceptors (Lipinski definition) is 0. The van der Waals surface area contributed by atoms with Crippen LogP contribution in [0.15, 0.2) is 34.9 Å². The fourth-order valence-corrected chi connectivity index (χ4v) is 2.60. The van der Waals surface area contributed by atoms with Crippen LogP contribution in [0.1, 0.15) is 32.1 Å². The molecule has 66 valence electrons. The highest BCUT2D eigenvalue weighted by Crippen LogP contribution is 2.42. The van der Waals surface area contributed by atoms with Crippen LogP contribution in [-0.4, -0.2) is 0 Å². The molecule has 0 heteroatoms. The molecule has 1 atom stereocenters. The van der Waals surface area contributed by atoms with Gasteiger partial charge in [0.15, 0.2) is 0 Å². The lowest BCUT2D eigenvalue weighted by Gasteiger charge is -2.29. The van der Waals surface area contributed by atoms with Crippen molar-refractivity contribution in [1.82, 2.24) is 0 Å². The van der Waals surface area contributed by atoms with E-state index in [1.165, 1.54) is 32.1 Å². The van der Waals surface area contributed by atoms with Crippen molar-refractivity contribution in [1.29, 1.82) is 0 Å². The summed E-state index contributed by atoms with van der Waals surface area (Å²) < 4.78 is 0. The molecule has 0 N–H and O–H groups in total. The van der Waals surface area contributed by atoms with Crippen LogP contribution in [0.2, 0.25) is 0 Å². The highest BCUT2D eigenvalue weighted by atomic mass is 14.3. The molecule has 0 saturated carbocycles. The maximum Gasteiger partial charge on any atom is 0.0238 e. The van der Waals surface area contributed by atoms with Crippen LogP contribution in [0, 0.1) is 12.3 Å². The van der Waals surface area contributed by atoms with Crippen LogP contribution >= 0.6 is 0 Å². The van der Waals surface area contributed by atoms with E-state index in [9.17, 15) is 0 Å². The maximum absolute atomic E-state index is 3.64. The summed E-state index contributed by atoms with van der Waals surface area (Å²) in [7, 11) is 0. The van der Waals surface area contributed by atoms with Gasteiger partial charge in [0, 0.05) is 12.3 Å². The Morgan fingerprint density at radius 2 is 2.15 bits per heavy atom. The molecule has 3 aliphatic carbocycles. The minimum atomic E-state index is 0.539. The first-order chi connectivity index (χ1) is 6.43. The third-order valence-electron chi connectivity index (χ3n) is 3.34. The first-order valence-corrected chi connectivity index (χ1v) is 5.28. The fourth-order valence-electron chi connectivity index (χ4n) is 2.60. The zero-order valence-corrected chi connectivity index (χ0v) is 7.84. The van der Waals surface area contributed by atoms with Gasteiger partial charge in [0.05, 0.1) is 0 Å². The lowest BCUT2D eigenvalue weighted by molar-refractivity contribution is 0.624. The minimum absolute atomic E-state index is 0.539. The summed E-state index contributed by atoms with van der Waals surface area (Å²) in [5.41, 5.74) is 4.80. The van der Waals surface area contributed by atoms with Crippen molar-refractivity contribution >= 4 is 0 Å². The molecule has 0 spiro atoms. The SMILES string of the molecule is [C]1C2=C(CCCC2)CC2=CC=CC12. The molecule has 0 heterocycles. The summed E-state index contributed by atoms with van der Waals surface area (Å²) >= 11 is 0. The quantitative estimate of drug-likeness (QED) is 0.522. The van der Waals surface area contributed by atoms with E-state index in [-0.39, 0.29) is 0 Å². The van der Waals surface area contributed by atoms with Crippen LogP contribution < -0.4 is 0 Å². The largest absolute Gasteiger partial charge is 0.0764 e. The second-order valence-corrected chi connectivity index (χ2v) is 4.21. The smallest absolute Gasteiger partial charge is 0.0238 e. The molecular formula is C13H14. The average molecular weight is 170 g/mol. The number of hydrogen-bond donors (Lipinski definition) is 0. The predicted molar refractivity (Wildman–Crippen MR) is 54.1 cm³/mol. The van der Waals surface area contributed by atoms with E-state index in [0.29, 0.717) is 5.92 Å². The zero-order chi connectivity index (χ0) is 8.67. The van der Waals surface area contributed by atoms with E-state index in [1.54, 1.807) is 16.7 Å². The normalized spacial score (nSPS) is 31.4. The van der Waals surface area contributed by atoms with Gasteiger partial charge in [-0.25, -0.2) is 0 Å². The Labute approximate surface area is 80.0 Å². The molecular weight excluding hydrogens is 156 g/mol. The second kappa shape index (κ2) is 2.87. The van der Waals surface area contributed by atoms with Gasteiger partial charge >= 0.3 is 0 Å². The van der Waals surface area contributed by atoms with Gasteiger partial charge in [-0.2, -0.15) is 0 Å². The summed E-state index contributed by atoms with van der Waals surface area (Å²) in [6.07, 6.45) is 17.0. The van der Waals surface area contributed by atoms with E-state index >= 15 is 0 Å². The van der Waals surface area contributed by atoms with Crippen molar-refractivity contribution in [3.63, 3.8) is 0 Å². The van der Waals surface area contributed by atoms with Crippen molar-refractivity contribution < 1.29 is 0 Å². The van der Waals surface area contributed by atoms with Crippen LogP contribution in [0.4, 0.5) is 0 Å². The number of fused-ring (bicyclic) bond motifs is 1. The summed E-state index contributed by atoms with van der Waals surface area (Å²) in [6, 6.07) is 0. The molecule has 0 aliphatic heterocycles. The van der Waals surface area contributed by atoms with E-state index in [0.717, 1.165) is 0 Å². The van der Waals surface area contributed by atoms with Gasteiger partial charge in [0.25, 0.3) is 0 Å². The summed E-state index contributed by atoms with van der Waals surface area (Å²) in [4.78, 5) is 0. The van der Waals surface area contributed by atoms with Gasteiger partial charge in [0.2, 0.25) is 0 Å². The number of allylic oxidation sites excluding steroid dienone is 6. The lowest BCUT2D eigenvalue weighted by atomic mass is 9.76. The Kier molecular flexibility index (Phi) is 1.68. The zero-order valence-electron chi connectivity index (χ0n) is 7.84. The fraction of sp³-hybridized carbons (Fsp3) is 0.462. The topological polar surface area (TPSA) is 0 Å². The third kappa shape index (κ3) is 1.20. The van der Waals surface area contributed by atoms with Crippen molar-refractivity contribution in [2.24, 2.45) is 5.92 Å². The van der Waals surface area contributed by atoms with Gasteiger partial charge in [-0.15, -0.1) is 0 Å². The van der Waals surface area contributed by atoms with Crippen LogP contribution in [-0.2, 0) is 0 Å². The highest BCUT2D eigenvalue weighted by Gasteiger charge is 2.26. The van der Waals surface area contributed by atoms with Gasteiger partial charge < -0.3 is 0 Å². The molecule has 1 unspecified atom stereocenters. The summed E-state index contributed by atoms with van der Waals surface area (Å²) in [6.45, 7) is 0. The van der Waals surface area contributed by atoms with E-state index < -0.39 is 0 Å². The van der Waals surface area contributed by atoms with Crippen LogP contribution in [0.5, 0.6) is 0 Å². The molecule has 0 nitrogen and oxygen atoms in total. The van der Waals surface area contributed by atoms with Gasteiger partial charge in [-0.3, -0.25) is 0 Å². The van der Waals surface area contributed by atoms with Crippen molar-refractivity contribution in [3.8, 4) is 0 Å². The standard InChI is InChI=1S/C13H14/c1-2-5-11-9-13-7-3-6-12(13)8-10(11)4-1/h3,6-7,13H,1-2,4-5,8H2. The molecule has 0 amide bonds. The maximum atomic E-state index is 3.64. The molecule has 0 fully saturated rings. The van der Waals surface area contributed by atoms with Crippen molar-refractivity contribution in [2.45, 2.75) is 32.1 Å². The molecule has 0 aromatic rings. The molecule has 0 saturated heterocycles. The van der Waals surface area contributed by atoms with Gasteiger partial charge in [-0.05, 0) is 32.1 Å². The highest BCUT2D eigenvalue weighted by molar-refractivity contribution is 5.44. The molecule has 0 bridgehead atoms. The second-order valence-electron chi connectivity index (χ2n) is 4.21. The third-order valence-corrected chi connectivity index (χ3v) is 3.34. The first-order valence-electron chi connectivity index (χ1n) is 5.28. The Balaban J connectivity index is 1.92. The first kappa shape index (κ1) is 7.61. The van der Waals surface area contributed by atoms with Crippen molar-refractivity contribution in [2.75, 3.05) is 0 Å². The number of rotatable bonds is 0. The molecule has 3 aliphatic rings. The van der Waals surface area contributed by atoms with Gasteiger partial charge in [-0.1, -0.05) is 34.9 Å². The van der Waals surface area contributed by atoms with Crippen molar-refractivity contribution in [3.05, 3.63) is 41.4 Å². The average Bonchev–Trinajstić information content (AvgIpc) is 2.61. The van der Waals surface area contributed by atoms with E-state index in [2.05, 4.69) is 24.6 Å². The summed E-state index contributed by atoms with van der Waals surface area (Å²) in [5.74, 6) is 0.539. The lowest BCUT2D eigenvalue weighted by Crippen LogP contribution is -2.13. The molecule has 0 aromatic heterocycles. The molecule has 13 heavy (non-hydrogen) atoms. The Hall–Kier alpha value is -0.780. The van der Waals surface area contributed by atoms with Crippen LogP contribution in [0.25, 0.3) is 0 Å². The Morgan fingerprint density at radius 1 is 1.23 bits per heavy atom. The molecule has 2 radical (unpaired) electrons. The monoisotopic (exact) mass is 170 g/mol. The molecule has 0 aromatic carbocycles. The molecule has 3 rings (SSSR count).